The Bertz CT molecular complexity index is 445. The predicted octanol–water partition coefficient (Wildman–Crippen LogP) is 1.56. The fourth-order valence-electron chi connectivity index (χ4n) is 3.71. The average Bonchev–Trinajstić information content (AvgIpc) is 3.13. The van der Waals surface area contributed by atoms with Crippen molar-refractivity contribution in [1.82, 2.24) is 20.4 Å². The second-order valence-corrected chi connectivity index (χ2v) is 6.68. The Morgan fingerprint density at radius 3 is 3.10 bits per heavy atom. The first-order valence-electron chi connectivity index (χ1n) is 8.23. The van der Waals surface area contributed by atoms with E-state index in [0.717, 1.165) is 18.9 Å². The van der Waals surface area contributed by atoms with Crippen molar-refractivity contribution >= 4 is 5.91 Å². The number of carbonyl (C=O) groups excluding carboxylic acids is 1. The van der Waals surface area contributed by atoms with Crippen molar-refractivity contribution in [2.24, 2.45) is 11.8 Å². The number of hydrogen-bond acceptors (Lipinski definition) is 3. The van der Waals surface area contributed by atoms with E-state index in [1.807, 2.05) is 16.9 Å². The largest absolute Gasteiger partial charge is 0.354 e. The third-order valence-electron chi connectivity index (χ3n) is 4.86. The molecule has 5 heteroatoms. The summed E-state index contributed by atoms with van der Waals surface area (Å²) in [7, 11) is 0. The van der Waals surface area contributed by atoms with Gasteiger partial charge in [-0.2, -0.15) is 5.10 Å². The molecule has 2 fully saturated rings. The Morgan fingerprint density at radius 1 is 1.48 bits per heavy atom. The predicted molar refractivity (Wildman–Crippen MR) is 81.7 cm³/mol. The van der Waals surface area contributed by atoms with Crippen molar-refractivity contribution in [3.05, 3.63) is 18.5 Å². The number of rotatable bonds is 5. The summed E-state index contributed by atoms with van der Waals surface area (Å²) >= 11 is 0. The van der Waals surface area contributed by atoms with Crippen LogP contribution in [0.4, 0.5) is 0 Å². The Hall–Kier alpha value is -1.36. The summed E-state index contributed by atoms with van der Waals surface area (Å²) in [6.07, 6.45) is 9.93. The molecule has 3 rings (SSSR count). The van der Waals surface area contributed by atoms with Crippen LogP contribution in [0, 0.1) is 11.8 Å². The molecule has 1 aromatic heterocycles. The number of nitrogens with one attached hydrogen (secondary N) is 2. The zero-order chi connectivity index (χ0) is 14.7. The van der Waals surface area contributed by atoms with Crippen molar-refractivity contribution in [3.63, 3.8) is 0 Å². The van der Waals surface area contributed by atoms with Gasteiger partial charge in [0, 0.05) is 31.5 Å². The molecule has 5 nitrogen and oxygen atoms in total. The van der Waals surface area contributed by atoms with Crippen LogP contribution in [0.2, 0.25) is 0 Å². The van der Waals surface area contributed by atoms with E-state index in [9.17, 15) is 4.79 Å². The molecule has 0 bridgehead atoms. The van der Waals surface area contributed by atoms with Crippen LogP contribution in [0.15, 0.2) is 18.5 Å². The lowest BCUT2D eigenvalue weighted by Gasteiger charge is -2.24. The van der Waals surface area contributed by atoms with Crippen molar-refractivity contribution < 1.29 is 4.79 Å². The van der Waals surface area contributed by atoms with Gasteiger partial charge >= 0.3 is 0 Å². The molecule has 2 aliphatic rings. The first-order valence-corrected chi connectivity index (χ1v) is 8.23. The summed E-state index contributed by atoms with van der Waals surface area (Å²) in [5.41, 5.74) is 0. The van der Waals surface area contributed by atoms with Gasteiger partial charge in [0.1, 0.15) is 0 Å². The maximum atomic E-state index is 12.3. The monoisotopic (exact) mass is 290 g/mol. The third-order valence-corrected chi connectivity index (χ3v) is 4.86. The molecular formula is C16H26N4O. The van der Waals surface area contributed by atoms with Crippen LogP contribution in [-0.2, 0) is 11.3 Å². The highest BCUT2D eigenvalue weighted by Gasteiger charge is 2.38. The quantitative estimate of drug-likeness (QED) is 0.865. The zero-order valence-electron chi connectivity index (χ0n) is 12.8. The lowest BCUT2D eigenvalue weighted by atomic mass is 9.85. The van der Waals surface area contributed by atoms with Gasteiger partial charge in [0.15, 0.2) is 0 Å². The van der Waals surface area contributed by atoms with Crippen molar-refractivity contribution in [1.29, 1.82) is 0 Å². The zero-order valence-corrected chi connectivity index (χ0v) is 12.8. The first kappa shape index (κ1) is 14.6. The van der Waals surface area contributed by atoms with E-state index in [-0.39, 0.29) is 11.9 Å². The summed E-state index contributed by atoms with van der Waals surface area (Å²) in [5, 5.41) is 10.8. The highest BCUT2D eigenvalue weighted by atomic mass is 16.2. The number of hydrogen-bond donors (Lipinski definition) is 2. The molecule has 0 spiro atoms. The Kier molecular flexibility index (Phi) is 4.58. The molecule has 1 saturated carbocycles. The van der Waals surface area contributed by atoms with Crippen molar-refractivity contribution in [2.75, 3.05) is 6.54 Å². The van der Waals surface area contributed by atoms with Gasteiger partial charge in [-0.15, -0.1) is 0 Å². The van der Waals surface area contributed by atoms with Gasteiger partial charge in [-0.25, -0.2) is 0 Å². The van der Waals surface area contributed by atoms with Crippen LogP contribution < -0.4 is 10.6 Å². The number of carbonyl (C=O) groups is 1. The highest BCUT2D eigenvalue weighted by Crippen LogP contribution is 2.33. The summed E-state index contributed by atoms with van der Waals surface area (Å²) in [5.74, 6) is 1.28. The molecule has 1 aliphatic heterocycles. The van der Waals surface area contributed by atoms with E-state index in [0.29, 0.717) is 18.5 Å². The molecular weight excluding hydrogens is 264 g/mol. The number of fused-ring (bicyclic) bond motifs is 1. The molecule has 2 heterocycles. The molecule has 1 saturated heterocycles. The summed E-state index contributed by atoms with van der Waals surface area (Å²) < 4.78 is 1.92. The number of amides is 1. The van der Waals surface area contributed by atoms with Crippen molar-refractivity contribution in [3.8, 4) is 0 Å². The normalized spacial score (nSPS) is 29.9. The van der Waals surface area contributed by atoms with Crippen LogP contribution in [0.5, 0.6) is 0 Å². The molecule has 1 aromatic rings. The van der Waals surface area contributed by atoms with Gasteiger partial charge in [-0.05, 0) is 37.2 Å². The Labute approximate surface area is 126 Å². The van der Waals surface area contributed by atoms with Crippen LogP contribution in [0.25, 0.3) is 0 Å². The van der Waals surface area contributed by atoms with Crippen LogP contribution in [0.1, 0.15) is 39.0 Å². The Morgan fingerprint density at radius 2 is 2.33 bits per heavy atom. The van der Waals surface area contributed by atoms with Gasteiger partial charge < -0.3 is 10.6 Å². The topological polar surface area (TPSA) is 59.0 Å². The average molecular weight is 290 g/mol. The minimum atomic E-state index is 0.0232. The van der Waals surface area contributed by atoms with Crippen LogP contribution >= 0.6 is 0 Å². The molecule has 0 aromatic carbocycles. The lowest BCUT2D eigenvalue weighted by molar-refractivity contribution is -0.123. The van der Waals surface area contributed by atoms with Gasteiger partial charge in [0.2, 0.25) is 5.91 Å². The second kappa shape index (κ2) is 6.60. The van der Waals surface area contributed by atoms with Gasteiger partial charge in [-0.1, -0.05) is 19.8 Å². The number of nitrogens with zero attached hydrogens (tertiary/aromatic N) is 2. The SMILES string of the molecule is C[C@H](CNC(=O)[C@@H]1C[C@@H]2CCCC[C@@H]2N1)Cn1cccn1. The summed E-state index contributed by atoms with van der Waals surface area (Å²) in [6.45, 7) is 3.70. The van der Waals surface area contributed by atoms with Crippen molar-refractivity contribution in [2.45, 2.75) is 57.7 Å². The van der Waals surface area contributed by atoms with Gasteiger partial charge in [0.25, 0.3) is 0 Å². The second-order valence-electron chi connectivity index (χ2n) is 6.68. The maximum Gasteiger partial charge on any atom is 0.237 e. The third kappa shape index (κ3) is 3.64. The van der Waals surface area contributed by atoms with E-state index in [1.165, 1.54) is 25.7 Å². The van der Waals surface area contributed by atoms with E-state index < -0.39 is 0 Å². The van der Waals surface area contributed by atoms with E-state index in [2.05, 4.69) is 22.7 Å². The minimum absolute atomic E-state index is 0.0232. The van der Waals surface area contributed by atoms with E-state index >= 15 is 0 Å². The first-order chi connectivity index (χ1) is 10.2. The molecule has 2 N–H and O–H groups in total. The summed E-state index contributed by atoms with van der Waals surface area (Å²) in [4.78, 5) is 12.3. The smallest absolute Gasteiger partial charge is 0.237 e. The van der Waals surface area contributed by atoms with Crippen LogP contribution in [-0.4, -0.2) is 34.3 Å². The van der Waals surface area contributed by atoms with Gasteiger partial charge in [-0.3, -0.25) is 9.48 Å². The molecule has 116 valence electrons. The molecule has 0 unspecified atom stereocenters. The molecule has 0 radical (unpaired) electrons. The minimum Gasteiger partial charge on any atom is -0.354 e. The molecule has 4 atom stereocenters. The van der Waals surface area contributed by atoms with E-state index in [1.54, 1.807) is 6.20 Å². The Balaban J connectivity index is 1.42. The molecule has 1 amide bonds. The standard InChI is InChI=1S/C16H26N4O/c1-12(11-20-8-4-7-18-20)10-17-16(21)15-9-13-5-2-3-6-14(13)19-15/h4,7-8,12-15,19H,2-3,5-6,9-11H2,1H3,(H,17,21)/t12-,13+,14+,15+/m1/s1. The lowest BCUT2D eigenvalue weighted by Crippen LogP contribution is -2.44. The molecule has 21 heavy (non-hydrogen) atoms. The fourth-order valence-corrected chi connectivity index (χ4v) is 3.71. The number of aromatic nitrogens is 2. The van der Waals surface area contributed by atoms with E-state index in [4.69, 9.17) is 0 Å². The maximum absolute atomic E-state index is 12.3. The molecule has 1 aliphatic carbocycles. The highest BCUT2D eigenvalue weighted by molar-refractivity contribution is 5.82. The van der Waals surface area contributed by atoms with Gasteiger partial charge in [0.05, 0.1) is 6.04 Å². The fraction of sp³-hybridized carbons (Fsp3) is 0.750. The van der Waals surface area contributed by atoms with Crippen LogP contribution in [0.3, 0.4) is 0 Å². The summed E-state index contributed by atoms with van der Waals surface area (Å²) in [6, 6.07) is 2.53.